The first-order valence-corrected chi connectivity index (χ1v) is 10.8. The van der Waals surface area contributed by atoms with Crippen LogP contribution in [0.5, 0.6) is 5.75 Å². The Balaban J connectivity index is 1.59. The Labute approximate surface area is 196 Å². The summed E-state index contributed by atoms with van der Waals surface area (Å²) >= 11 is 0. The number of aromatic nitrogens is 1. The van der Waals surface area contributed by atoms with Crippen molar-refractivity contribution < 1.29 is 23.9 Å². The molecule has 1 fully saturated rings. The fourth-order valence-electron chi connectivity index (χ4n) is 3.89. The average molecular weight is 457 g/mol. The molecule has 1 saturated heterocycles. The molecule has 0 N–H and O–H groups in total. The first-order chi connectivity index (χ1) is 16.4. The first kappa shape index (κ1) is 22.8. The number of imide groups is 1. The predicted molar refractivity (Wildman–Crippen MR) is 124 cm³/mol. The average Bonchev–Trinajstić information content (AvgIpc) is 3.12. The molecule has 0 spiro atoms. The van der Waals surface area contributed by atoms with Crippen LogP contribution in [0.3, 0.4) is 0 Å². The van der Waals surface area contributed by atoms with Gasteiger partial charge in [0.05, 0.1) is 18.5 Å². The molecule has 0 radical (unpaired) electrons. The van der Waals surface area contributed by atoms with Gasteiger partial charge in [-0.2, -0.15) is 0 Å². The Morgan fingerprint density at radius 2 is 1.71 bits per heavy atom. The summed E-state index contributed by atoms with van der Waals surface area (Å²) in [5.41, 5.74) is 1.93. The summed E-state index contributed by atoms with van der Waals surface area (Å²) in [6, 6.07) is 18.0. The smallest absolute Gasteiger partial charge is 0.308 e. The zero-order chi connectivity index (χ0) is 24.1. The van der Waals surface area contributed by atoms with Gasteiger partial charge in [-0.15, -0.1) is 0 Å². The van der Waals surface area contributed by atoms with Crippen LogP contribution < -0.4 is 9.64 Å². The van der Waals surface area contributed by atoms with Crippen molar-refractivity contribution >= 4 is 29.4 Å². The molecule has 0 aliphatic carbocycles. The molecule has 34 heavy (non-hydrogen) atoms. The highest BCUT2D eigenvalue weighted by Gasteiger charge is 2.44. The number of hydrogen-bond donors (Lipinski definition) is 0. The highest BCUT2D eigenvalue weighted by atomic mass is 16.5. The van der Waals surface area contributed by atoms with Gasteiger partial charge < -0.3 is 9.64 Å². The van der Waals surface area contributed by atoms with Gasteiger partial charge in [-0.25, -0.2) is 4.90 Å². The minimum Gasteiger partial charge on any atom is -0.427 e. The Morgan fingerprint density at radius 1 is 1.00 bits per heavy atom. The van der Waals surface area contributed by atoms with Gasteiger partial charge in [0.1, 0.15) is 11.8 Å². The minimum atomic E-state index is -0.933. The maximum Gasteiger partial charge on any atom is 0.308 e. The van der Waals surface area contributed by atoms with Gasteiger partial charge in [0.25, 0.3) is 5.91 Å². The van der Waals surface area contributed by atoms with E-state index in [0.717, 1.165) is 16.0 Å². The summed E-state index contributed by atoms with van der Waals surface area (Å²) in [5, 5.41) is 0. The number of anilines is 1. The Kier molecular flexibility index (Phi) is 6.77. The molecule has 3 aromatic rings. The fraction of sp³-hybridized carbons (Fsp3) is 0.192. The predicted octanol–water partition coefficient (Wildman–Crippen LogP) is 2.91. The van der Waals surface area contributed by atoms with E-state index in [4.69, 9.17) is 4.74 Å². The number of ether oxygens (including phenoxy) is 1. The van der Waals surface area contributed by atoms with Crippen molar-refractivity contribution in [3.8, 4) is 5.75 Å². The van der Waals surface area contributed by atoms with Crippen molar-refractivity contribution in [2.75, 3.05) is 4.90 Å². The van der Waals surface area contributed by atoms with Crippen LogP contribution in [0.1, 0.15) is 24.5 Å². The van der Waals surface area contributed by atoms with E-state index in [1.165, 1.54) is 36.1 Å². The van der Waals surface area contributed by atoms with E-state index in [2.05, 4.69) is 4.98 Å². The molecule has 8 heteroatoms. The molecule has 4 rings (SSSR count). The zero-order valence-electron chi connectivity index (χ0n) is 18.6. The molecule has 172 valence electrons. The zero-order valence-corrected chi connectivity index (χ0v) is 18.6. The number of benzene rings is 2. The van der Waals surface area contributed by atoms with Gasteiger partial charge in [-0.05, 0) is 41.5 Å². The van der Waals surface area contributed by atoms with Gasteiger partial charge in [0, 0.05) is 25.9 Å². The second kappa shape index (κ2) is 10.1. The van der Waals surface area contributed by atoms with Crippen LogP contribution in [0.2, 0.25) is 0 Å². The highest BCUT2D eigenvalue weighted by Crippen LogP contribution is 2.28. The third-order valence-electron chi connectivity index (χ3n) is 5.45. The van der Waals surface area contributed by atoms with Crippen LogP contribution in [0.25, 0.3) is 0 Å². The van der Waals surface area contributed by atoms with Crippen LogP contribution >= 0.6 is 0 Å². The second-order valence-electron chi connectivity index (χ2n) is 7.92. The van der Waals surface area contributed by atoms with E-state index in [-0.39, 0.29) is 25.3 Å². The Morgan fingerprint density at radius 3 is 2.35 bits per heavy atom. The van der Waals surface area contributed by atoms with E-state index in [9.17, 15) is 19.2 Å². The molecule has 0 bridgehead atoms. The van der Waals surface area contributed by atoms with Gasteiger partial charge >= 0.3 is 5.97 Å². The van der Waals surface area contributed by atoms with Crippen molar-refractivity contribution in [1.29, 1.82) is 0 Å². The molecule has 3 amide bonds. The standard InChI is InChI=1S/C26H23N3O5/c1-18(30)34-22-11-9-21(10-12-22)29-25(32)15-23(26(29)33)28(17-20-8-5-13-27-16-20)24(31)14-19-6-3-2-4-7-19/h2-13,16,23H,14-15,17H2,1H3. The summed E-state index contributed by atoms with van der Waals surface area (Å²) in [5.74, 6) is -1.30. The molecule has 2 aromatic carbocycles. The van der Waals surface area contributed by atoms with Crippen molar-refractivity contribution in [3.05, 3.63) is 90.3 Å². The molecule has 1 unspecified atom stereocenters. The number of esters is 1. The molecule has 1 aliphatic rings. The molecule has 2 heterocycles. The molecular weight excluding hydrogens is 434 g/mol. The first-order valence-electron chi connectivity index (χ1n) is 10.8. The maximum absolute atomic E-state index is 13.4. The van der Waals surface area contributed by atoms with Gasteiger partial charge in [0.2, 0.25) is 11.8 Å². The van der Waals surface area contributed by atoms with Crippen LogP contribution in [0.15, 0.2) is 79.1 Å². The number of carbonyl (C=O) groups is 4. The lowest BCUT2D eigenvalue weighted by molar-refractivity contribution is -0.138. The third kappa shape index (κ3) is 5.17. The number of pyridine rings is 1. The summed E-state index contributed by atoms with van der Waals surface area (Å²) < 4.78 is 5.01. The van der Waals surface area contributed by atoms with Crippen molar-refractivity contribution in [1.82, 2.24) is 9.88 Å². The summed E-state index contributed by atoms with van der Waals surface area (Å²) in [6.45, 7) is 1.44. The minimum absolute atomic E-state index is 0.107. The van der Waals surface area contributed by atoms with Crippen molar-refractivity contribution in [3.63, 3.8) is 0 Å². The summed E-state index contributed by atoms with van der Waals surface area (Å²) in [7, 11) is 0. The second-order valence-corrected chi connectivity index (χ2v) is 7.92. The quantitative estimate of drug-likeness (QED) is 0.308. The lowest BCUT2D eigenvalue weighted by Crippen LogP contribution is -2.45. The maximum atomic E-state index is 13.4. The normalized spacial score (nSPS) is 15.3. The molecule has 1 aromatic heterocycles. The Bertz CT molecular complexity index is 1200. The number of carbonyl (C=O) groups excluding carboxylic acids is 4. The van der Waals surface area contributed by atoms with Crippen LogP contribution in [-0.2, 0) is 32.1 Å². The molecule has 0 saturated carbocycles. The number of amides is 3. The number of nitrogens with zero attached hydrogens (tertiary/aromatic N) is 3. The summed E-state index contributed by atoms with van der Waals surface area (Å²) in [6.07, 6.45) is 3.25. The van der Waals surface area contributed by atoms with Crippen molar-refractivity contribution in [2.24, 2.45) is 0 Å². The molecular formula is C26H23N3O5. The highest BCUT2D eigenvalue weighted by molar-refractivity contribution is 6.23. The lowest BCUT2D eigenvalue weighted by Gasteiger charge is -2.28. The van der Waals surface area contributed by atoms with Gasteiger partial charge in [0.15, 0.2) is 0 Å². The van der Waals surface area contributed by atoms with Crippen molar-refractivity contribution in [2.45, 2.75) is 32.4 Å². The van der Waals surface area contributed by atoms with E-state index in [1.807, 2.05) is 36.4 Å². The van der Waals surface area contributed by atoms with E-state index in [0.29, 0.717) is 11.4 Å². The Hall–Kier alpha value is -4.33. The fourth-order valence-corrected chi connectivity index (χ4v) is 3.89. The van der Waals surface area contributed by atoms with E-state index >= 15 is 0 Å². The molecule has 1 aliphatic heterocycles. The monoisotopic (exact) mass is 457 g/mol. The van der Waals surface area contributed by atoms with Crippen LogP contribution in [0, 0.1) is 0 Å². The van der Waals surface area contributed by atoms with Gasteiger partial charge in [-0.1, -0.05) is 36.4 Å². The van der Waals surface area contributed by atoms with Crippen LogP contribution in [0.4, 0.5) is 5.69 Å². The van der Waals surface area contributed by atoms with E-state index < -0.39 is 23.8 Å². The number of rotatable bonds is 7. The number of hydrogen-bond acceptors (Lipinski definition) is 6. The molecule has 1 atom stereocenters. The largest absolute Gasteiger partial charge is 0.427 e. The lowest BCUT2D eigenvalue weighted by atomic mass is 10.1. The third-order valence-corrected chi connectivity index (χ3v) is 5.45. The topological polar surface area (TPSA) is 96.9 Å². The summed E-state index contributed by atoms with van der Waals surface area (Å²) in [4.78, 5) is 57.3. The van der Waals surface area contributed by atoms with Gasteiger partial charge in [-0.3, -0.25) is 24.2 Å². The van der Waals surface area contributed by atoms with Crippen LogP contribution in [-0.4, -0.2) is 39.6 Å². The molecule has 8 nitrogen and oxygen atoms in total. The SMILES string of the molecule is CC(=O)Oc1ccc(N2C(=O)CC(N(Cc3cccnc3)C(=O)Cc3ccccc3)C2=O)cc1. The van der Waals surface area contributed by atoms with E-state index in [1.54, 1.807) is 18.5 Å².